The molecule has 250 valence electrons. The minimum absolute atomic E-state index is 0.00500. The van der Waals surface area contributed by atoms with Crippen LogP contribution in [0, 0.1) is 5.92 Å². The average molecular weight is 641 g/mol. The number of carbonyl (C=O) groups is 3. The van der Waals surface area contributed by atoms with Gasteiger partial charge in [-0.05, 0) is 67.3 Å². The topological polar surface area (TPSA) is 114 Å². The lowest BCUT2D eigenvalue weighted by molar-refractivity contribution is -0.145. The fourth-order valence-corrected chi connectivity index (χ4v) is 5.10. The predicted molar refractivity (Wildman–Crippen MR) is 185 cm³/mol. The zero-order chi connectivity index (χ0) is 33.7. The Labute approximate surface area is 278 Å². The van der Waals surface area contributed by atoms with Crippen LogP contribution < -0.4 is 15.4 Å². The van der Waals surface area contributed by atoms with Crippen LogP contribution in [-0.4, -0.2) is 48.2 Å². The Morgan fingerprint density at radius 1 is 0.766 bits per heavy atom. The molecule has 0 spiro atoms. The Morgan fingerprint density at radius 3 is 2.04 bits per heavy atom. The van der Waals surface area contributed by atoms with Crippen molar-refractivity contribution >= 4 is 17.8 Å². The molecule has 0 aliphatic carbocycles. The van der Waals surface area contributed by atoms with Gasteiger partial charge in [-0.15, -0.1) is 13.2 Å². The van der Waals surface area contributed by atoms with E-state index in [-0.39, 0.29) is 50.3 Å². The van der Waals surface area contributed by atoms with Crippen LogP contribution >= 0.6 is 0 Å². The minimum Gasteiger partial charge on any atom is -0.489 e. The maximum Gasteiger partial charge on any atom is 0.305 e. The first-order valence-corrected chi connectivity index (χ1v) is 16.3. The summed E-state index contributed by atoms with van der Waals surface area (Å²) in [6.07, 6.45) is 7.19. The van der Waals surface area contributed by atoms with Gasteiger partial charge in [-0.3, -0.25) is 14.4 Å². The number of esters is 1. The molecule has 8 nitrogen and oxygen atoms in total. The Balaban J connectivity index is 1.62. The summed E-state index contributed by atoms with van der Waals surface area (Å²) in [5, 5.41) is 15.7. The number of nitrogens with one attached hydrogen (secondary N) is 2. The van der Waals surface area contributed by atoms with Crippen molar-refractivity contribution in [2.75, 3.05) is 13.2 Å². The molecule has 3 atom stereocenters. The van der Waals surface area contributed by atoms with E-state index < -0.39 is 18.0 Å². The molecule has 2 amide bonds. The molecule has 0 fully saturated rings. The molecule has 0 heterocycles. The Bertz CT molecular complexity index is 1380. The summed E-state index contributed by atoms with van der Waals surface area (Å²) in [4.78, 5) is 39.0. The SMILES string of the molecule is C=CCCCCC(=O)OC[C@H](Cc1ccc(OCc2ccccc2)cc1)NC(=O)[C@H](CC=C)CC(=O)N[C@H](CO)Cc1ccccc1. The van der Waals surface area contributed by atoms with E-state index in [0.29, 0.717) is 25.9 Å². The molecule has 0 aliphatic rings. The number of rotatable bonds is 22. The van der Waals surface area contributed by atoms with Crippen molar-refractivity contribution in [1.82, 2.24) is 10.6 Å². The fourth-order valence-electron chi connectivity index (χ4n) is 5.10. The summed E-state index contributed by atoms with van der Waals surface area (Å²) in [5.41, 5.74) is 2.98. The lowest BCUT2D eigenvalue weighted by Gasteiger charge is -2.23. The molecule has 0 unspecified atom stereocenters. The maximum atomic E-state index is 13.5. The third kappa shape index (κ3) is 14.5. The molecule has 0 aliphatic heterocycles. The normalized spacial score (nSPS) is 12.6. The van der Waals surface area contributed by atoms with Gasteiger partial charge in [0.05, 0.1) is 24.6 Å². The molecule has 3 rings (SSSR count). The largest absolute Gasteiger partial charge is 0.489 e. The first-order valence-electron chi connectivity index (χ1n) is 16.3. The molecule has 0 saturated carbocycles. The number of amides is 2. The van der Waals surface area contributed by atoms with Gasteiger partial charge in [0.15, 0.2) is 0 Å². The van der Waals surface area contributed by atoms with E-state index in [1.54, 1.807) is 6.08 Å². The Hall–Kier alpha value is -4.69. The van der Waals surface area contributed by atoms with Crippen molar-refractivity contribution < 1.29 is 29.0 Å². The van der Waals surface area contributed by atoms with E-state index in [1.807, 2.05) is 91.0 Å². The number of allylic oxidation sites excluding steroid dienone is 2. The van der Waals surface area contributed by atoms with Crippen molar-refractivity contribution in [2.45, 2.75) is 70.1 Å². The second kappa shape index (κ2) is 21.2. The third-order valence-corrected chi connectivity index (χ3v) is 7.65. The van der Waals surface area contributed by atoms with Crippen LogP contribution in [0.3, 0.4) is 0 Å². The monoisotopic (exact) mass is 640 g/mol. The summed E-state index contributed by atoms with van der Waals surface area (Å²) in [6, 6.07) is 26.1. The molecular weight excluding hydrogens is 592 g/mol. The highest BCUT2D eigenvalue weighted by atomic mass is 16.5. The number of aliphatic hydroxyl groups is 1. The number of hydrogen-bond acceptors (Lipinski definition) is 6. The van der Waals surface area contributed by atoms with Gasteiger partial charge in [0.25, 0.3) is 0 Å². The lowest BCUT2D eigenvalue weighted by atomic mass is 9.98. The maximum absolute atomic E-state index is 13.5. The van der Waals surface area contributed by atoms with E-state index in [2.05, 4.69) is 23.8 Å². The van der Waals surface area contributed by atoms with Gasteiger partial charge in [0, 0.05) is 12.8 Å². The summed E-state index contributed by atoms with van der Waals surface area (Å²) >= 11 is 0. The Kier molecular flexibility index (Phi) is 16.6. The fraction of sp³-hybridized carbons (Fsp3) is 0.359. The molecule has 47 heavy (non-hydrogen) atoms. The van der Waals surface area contributed by atoms with E-state index in [1.165, 1.54) is 0 Å². The number of ether oxygens (including phenoxy) is 2. The van der Waals surface area contributed by atoms with Crippen LogP contribution in [0.1, 0.15) is 55.2 Å². The van der Waals surface area contributed by atoms with E-state index in [0.717, 1.165) is 35.3 Å². The van der Waals surface area contributed by atoms with Crippen LogP contribution in [0.4, 0.5) is 0 Å². The highest BCUT2D eigenvalue weighted by Gasteiger charge is 2.25. The standard InChI is InChI=1S/C39H48N2O6/c1-3-5-6-13-19-38(44)47-29-35(25-31-20-22-36(23-21-31)46-28-32-17-11-8-12-18-32)41-39(45)33(14-4-2)26-37(43)40-34(27-42)24-30-15-9-7-10-16-30/h3-4,7-12,15-18,20-23,33-35,42H,1-2,5-6,13-14,19,24-29H2,(H,40,43)(H,41,45)/t33-,34+,35+/m1/s1. The highest BCUT2D eigenvalue weighted by Crippen LogP contribution is 2.17. The summed E-state index contributed by atoms with van der Waals surface area (Å²) in [6.45, 7) is 7.70. The second-order valence-corrected chi connectivity index (χ2v) is 11.6. The summed E-state index contributed by atoms with van der Waals surface area (Å²) < 4.78 is 11.5. The van der Waals surface area contributed by atoms with Crippen molar-refractivity contribution in [1.29, 1.82) is 0 Å². The first-order chi connectivity index (χ1) is 22.9. The molecule has 3 N–H and O–H groups in total. The predicted octanol–water partition coefficient (Wildman–Crippen LogP) is 5.88. The third-order valence-electron chi connectivity index (χ3n) is 7.65. The van der Waals surface area contributed by atoms with Crippen molar-refractivity contribution in [3.05, 3.63) is 127 Å². The zero-order valence-electron chi connectivity index (χ0n) is 27.2. The van der Waals surface area contributed by atoms with Gasteiger partial charge in [-0.2, -0.15) is 0 Å². The minimum atomic E-state index is -0.686. The van der Waals surface area contributed by atoms with E-state index in [4.69, 9.17) is 9.47 Å². The summed E-state index contributed by atoms with van der Waals surface area (Å²) in [5.74, 6) is -0.966. The number of benzene rings is 3. The lowest BCUT2D eigenvalue weighted by Crippen LogP contribution is -2.45. The van der Waals surface area contributed by atoms with Gasteiger partial charge in [-0.25, -0.2) is 0 Å². The highest BCUT2D eigenvalue weighted by molar-refractivity contribution is 5.86. The second-order valence-electron chi connectivity index (χ2n) is 11.6. The molecule has 3 aromatic rings. The molecule has 0 bridgehead atoms. The van der Waals surface area contributed by atoms with Gasteiger partial charge < -0.3 is 25.2 Å². The number of hydrogen-bond donors (Lipinski definition) is 3. The molecule has 3 aromatic carbocycles. The van der Waals surface area contributed by atoms with E-state index >= 15 is 0 Å². The van der Waals surface area contributed by atoms with Gasteiger partial charge in [0.1, 0.15) is 19.0 Å². The average Bonchev–Trinajstić information content (AvgIpc) is 3.09. The molecule has 0 saturated heterocycles. The molecule has 0 aromatic heterocycles. The number of unbranched alkanes of at least 4 members (excludes halogenated alkanes) is 2. The molecular formula is C39H48N2O6. The molecule has 0 radical (unpaired) electrons. The zero-order valence-corrected chi connectivity index (χ0v) is 27.2. The van der Waals surface area contributed by atoms with Gasteiger partial charge in [0.2, 0.25) is 11.8 Å². The van der Waals surface area contributed by atoms with Crippen molar-refractivity contribution in [3.8, 4) is 5.75 Å². The van der Waals surface area contributed by atoms with Crippen LogP contribution in [0.5, 0.6) is 5.75 Å². The van der Waals surface area contributed by atoms with Crippen molar-refractivity contribution in [2.24, 2.45) is 5.92 Å². The number of aliphatic hydroxyl groups excluding tert-OH is 1. The summed E-state index contributed by atoms with van der Waals surface area (Å²) in [7, 11) is 0. The van der Waals surface area contributed by atoms with Gasteiger partial charge in [-0.1, -0.05) is 84.9 Å². The van der Waals surface area contributed by atoms with Gasteiger partial charge >= 0.3 is 5.97 Å². The van der Waals surface area contributed by atoms with Crippen LogP contribution in [0.25, 0.3) is 0 Å². The quantitative estimate of drug-likeness (QED) is 0.0718. The van der Waals surface area contributed by atoms with E-state index in [9.17, 15) is 19.5 Å². The number of carbonyl (C=O) groups excluding carboxylic acids is 3. The van der Waals surface area contributed by atoms with Crippen LogP contribution in [0.15, 0.2) is 110 Å². The Morgan fingerprint density at radius 2 is 1.40 bits per heavy atom. The molecule has 8 heteroatoms. The van der Waals surface area contributed by atoms with Crippen molar-refractivity contribution in [3.63, 3.8) is 0 Å². The van der Waals surface area contributed by atoms with Crippen LogP contribution in [0.2, 0.25) is 0 Å². The smallest absolute Gasteiger partial charge is 0.305 e. The van der Waals surface area contributed by atoms with Crippen LogP contribution in [-0.2, 0) is 38.6 Å². The first kappa shape index (κ1) is 36.8.